The summed E-state index contributed by atoms with van der Waals surface area (Å²) in [7, 11) is 0. The zero-order valence-corrected chi connectivity index (χ0v) is 7.05. The van der Waals surface area contributed by atoms with Crippen LogP contribution in [0.4, 0.5) is 0 Å². The molecule has 0 heterocycles. The molecule has 1 rings (SSSR count). The summed E-state index contributed by atoms with van der Waals surface area (Å²) in [5.74, 6) is 3.49. The molecular weight excluding hydrogens is 134 g/mol. The van der Waals surface area contributed by atoms with Crippen molar-refractivity contribution >= 4 is 0 Å². The summed E-state index contributed by atoms with van der Waals surface area (Å²) in [5, 5.41) is 0. The minimum Gasteiger partial charge on any atom is -0.327 e. The van der Waals surface area contributed by atoms with Crippen LogP contribution in [0.15, 0.2) is 0 Å². The van der Waals surface area contributed by atoms with E-state index in [1.807, 2.05) is 0 Å². The second-order valence-electron chi connectivity index (χ2n) is 3.55. The quantitative estimate of drug-likeness (QED) is 0.613. The van der Waals surface area contributed by atoms with Crippen LogP contribution in [0.25, 0.3) is 0 Å². The van der Waals surface area contributed by atoms with Crippen LogP contribution in [0.5, 0.6) is 0 Å². The molecule has 1 heteroatoms. The zero-order valence-electron chi connectivity index (χ0n) is 7.05. The van der Waals surface area contributed by atoms with Crippen molar-refractivity contribution in [3.05, 3.63) is 0 Å². The van der Waals surface area contributed by atoms with Crippen molar-refractivity contribution in [2.45, 2.75) is 44.6 Å². The lowest BCUT2D eigenvalue weighted by atomic mass is 9.97. The van der Waals surface area contributed by atoms with E-state index in [1.165, 1.54) is 25.7 Å². The number of terminal acetylenes is 1. The first kappa shape index (κ1) is 8.62. The van der Waals surface area contributed by atoms with Gasteiger partial charge >= 0.3 is 0 Å². The maximum atomic E-state index is 5.82. The van der Waals surface area contributed by atoms with Crippen LogP contribution >= 0.6 is 0 Å². The third-order valence-electron chi connectivity index (χ3n) is 2.49. The molecule has 0 aromatic rings. The van der Waals surface area contributed by atoms with E-state index in [0.29, 0.717) is 0 Å². The number of hydrogen-bond acceptors (Lipinski definition) is 1. The second-order valence-corrected chi connectivity index (χ2v) is 3.55. The van der Waals surface area contributed by atoms with Gasteiger partial charge in [-0.15, -0.1) is 12.3 Å². The largest absolute Gasteiger partial charge is 0.327 e. The summed E-state index contributed by atoms with van der Waals surface area (Å²) < 4.78 is 0. The molecule has 0 bridgehead atoms. The van der Waals surface area contributed by atoms with Gasteiger partial charge in [0, 0.05) is 12.5 Å². The van der Waals surface area contributed by atoms with E-state index >= 15 is 0 Å². The first-order chi connectivity index (χ1) is 5.33. The zero-order chi connectivity index (χ0) is 8.10. The molecule has 0 spiro atoms. The van der Waals surface area contributed by atoms with Crippen molar-refractivity contribution in [1.29, 1.82) is 0 Å². The Hall–Kier alpha value is -0.480. The highest BCUT2D eigenvalue weighted by molar-refractivity contribution is 4.89. The lowest BCUT2D eigenvalue weighted by molar-refractivity contribution is 0.446. The van der Waals surface area contributed by atoms with Gasteiger partial charge in [-0.25, -0.2) is 0 Å². The average molecular weight is 151 g/mol. The van der Waals surface area contributed by atoms with E-state index in [-0.39, 0.29) is 6.04 Å². The smallest absolute Gasteiger partial charge is 0.0238 e. The van der Waals surface area contributed by atoms with Crippen LogP contribution in [0.1, 0.15) is 38.5 Å². The van der Waals surface area contributed by atoms with Gasteiger partial charge in [-0.05, 0) is 12.3 Å². The van der Waals surface area contributed by atoms with E-state index in [4.69, 9.17) is 12.2 Å². The predicted octanol–water partition coefficient (Wildman–Crippen LogP) is 1.92. The molecule has 0 saturated heterocycles. The summed E-state index contributed by atoms with van der Waals surface area (Å²) in [6.45, 7) is 0. The summed E-state index contributed by atoms with van der Waals surface area (Å²) >= 11 is 0. The Morgan fingerprint density at radius 2 is 2.09 bits per heavy atom. The van der Waals surface area contributed by atoms with E-state index in [0.717, 1.165) is 18.8 Å². The first-order valence-electron chi connectivity index (χ1n) is 4.52. The molecule has 2 N–H and O–H groups in total. The highest BCUT2D eigenvalue weighted by Crippen LogP contribution is 2.28. The van der Waals surface area contributed by atoms with Gasteiger partial charge in [-0.2, -0.15) is 0 Å². The molecule has 1 aliphatic carbocycles. The Morgan fingerprint density at radius 1 is 1.45 bits per heavy atom. The monoisotopic (exact) mass is 151 g/mol. The van der Waals surface area contributed by atoms with Gasteiger partial charge in [0.15, 0.2) is 0 Å². The Labute approximate surface area is 69.4 Å². The molecular formula is C10H17N. The van der Waals surface area contributed by atoms with Crippen molar-refractivity contribution in [3.63, 3.8) is 0 Å². The molecule has 0 aliphatic heterocycles. The predicted molar refractivity (Wildman–Crippen MR) is 48.0 cm³/mol. The Balaban J connectivity index is 2.14. The maximum absolute atomic E-state index is 5.82. The summed E-state index contributed by atoms with van der Waals surface area (Å²) in [5.41, 5.74) is 5.82. The molecule has 0 aromatic carbocycles. The molecule has 1 atom stereocenters. The van der Waals surface area contributed by atoms with Crippen molar-refractivity contribution in [2.24, 2.45) is 11.7 Å². The van der Waals surface area contributed by atoms with E-state index in [9.17, 15) is 0 Å². The van der Waals surface area contributed by atoms with Crippen LogP contribution in [-0.4, -0.2) is 6.04 Å². The number of nitrogens with two attached hydrogens (primary N) is 1. The van der Waals surface area contributed by atoms with Crippen LogP contribution in [0.3, 0.4) is 0 Å². The van der Waals surface area contributed by atoms with E-state index < -0.39 is 0 Å². The highest BCUT2D eigenvalue weighted by Gasteiger charge is 2.17. The maximum Gasteiger partial charge on any atom is 0.0238 e. The summed E-state index contributed by atoms with van der Waals surface area (Å²) in [6.07, 6.45) is 12.6. The van der Waals surface area contributed by atoms with Crippen LogP contribution in [-0.2, 0) is 0 Å². The fourth-order valence-corrected chi connectivity index (χ4v) is 1.91. The van der Waals surface area contributed by atoms with Crippen molar-refractivity contribution < 1.29 is 0 Å². The molecule has 1 nitrogen and oxygen atoms in total. The molecule has 1 unspecified atom stereocenters. The lowest BCUT2D eigenvalue weighted by Gasteiger charge is -2.13. The van der Waals surface area contributed by atoms with Gasteiger partial charge in [-0.1, -0.05) is 25.7 Å². The molecule has 0 aromatic heterocycles. The molecule has 1 saturated carbocycles. The van der Waals surface area contributed by atoms with Crippen molar-refractivity contribution in [3.8, 4) is 12.3 Å². The molecule has 1 aliphatic rings. The standard InChI is InChI=1S/C10H17N/c1-2-5-10(11)8-9-6-3-4-7-9/h1,9-10H,3-8,11H2. The molecule has 1 fully saturated rings. The average Bonchev–Trinajstić information content (AvgIpc) is 2.40. The van der Waals surface area contributed by atoms with Crippen LogP contribution < -0.4 is 5.73 Å². The van der Waals surface area contributed by atoms with Gasteiger partial charge in [0.25, 0.3) is 0 Å². The topological polar surface area (TPSA) is 26.0 Å². The summed E-state index contributed by atoms with van der Waals surface area (Å²) in [6, 6.07) is 0.253. The third kappa shape index (κ3) is 2.95. The Bertz CT molecular complexity index is 139. The first-order valence-corrected chi connectivity index (χ1v) is 4.52. The minimum absolute atomic E-state index is 0.253. The second kappa shape index (κ2) is 4.41. The SMILES string of the molecule is C#CCC(N)CC1CCCC1. The molecule has 11 heavy (non-hydrogen) atoms. The molecule has 62 valence electrons. The highest BCUT2D eigenvalue weighted by atomic mass is 14.6. The van der Waals surface area contributed by atoms with Crippen LogP contribution in [0.2, 0.25) is 0 Å². The molecule has 0 amide bonds. The normalized spacial score (nSPS) is 21.5. The van der Waals surface area contributed by atoms with E-state index in [1.54, 1.807) is 0 Å². The van der Waals surface area contributed by atoms with Gasteiger partial charge < -0.3 is 5.73 Å². The minimum atomic E-state index is 0.253. The Morgan fingerprint density at radius 3 is 2.64 bits per heavy atom. The van der Waals surface area contributed by atoms with Crippen molar-refractivity contribution in [2.75, 3.05) is 0 Å². The van der Waals surface area contributed by atoms with Gasteiger partial charge in [-0.3, -0.25) is 0 Å². The third-order valence-corrected chi connectivity index (χ3v) is 2.49. The van der Waals surface area contributed by atoms with Crippen LogP contribution in [0, 0.1) is 18.3 Å². The van der Waals surface area contributed by atoms with Gasteiger partial charge in [0.05, 0.1) is 0 Å². The van der Waals surface area contributed by atoms with Crippen molar-refractivity contribution in [1.82, 2.24) is 0 Å². The fourth-order valence-electron chi connectivity index (χ4n) is 1.91. The number of rotatable bonds is 3. The van der Waals surface area contributed by atoms with Gasteiger partial charge in [0.2, 0.25) is 0 Å². The van der Waals surface area contributed by atoms with E-state index in [2.05, 4.69) is 5.92 Å². The van der Waals surface area contributed by atoms with Gasteiger partial charge in [0.1, 0.15) is 0 Å². The summed E-state index contributed by atoms with van der Waals surface area (Å²) in [4.78, 5) is 0. The molecule has 0 radical (unpaired) electrons. The number of hydrogen-bond donors (Lipinski definition) is 1. The Kier molecular flexibility index (Phi) is 3.45. The lowest BCUT2D eigenvalue weighted by Crippen LogP contribution is -2.21. The fraction of sp³-hybridized carbons (Fsp3) is 0.800.